The summed E-state index contributed by atoms with van der Waals surface area (Å²) >= 11 is 0. The molecule has 1 heterocycles. The molecule has 1 aromatic heterocycles. The Morgan fingerprint density at radius 1 is 1.17 bits per heavy atom. The van der Waals surface area contributed by atoms with Crippen molar-refractivity contribution in [3.8, 4) is 0 Å². The van der Waals surface area contributed by atoms with Gasteiger partial charge in [0.1, 0.15) is 17.3 Å². The third-order valence-corrected chi connectivity index (χ3v) is 3.32. The normalized spacial score (nSPS) is 10.5. The number of aromatic nitrogens is 2. The van der Waals surface area contributed by atoms with E-state index in [4.69, 9.17) is 0 Å². The van der Waals surface area contributed by atoms with Gasteiger partial charge in [0.2, 0.25) is 5.95 Å². The molecule has 2 aromatic rings. The standard InChI is InChI=1S/C17H20F2N4O/c1-3-9-23(10-4-2)17-20-8-7-15(22-17)16(24)21-14-6-5-12(18)11-13(14)19/h5-8,11H,3-4,9-10H2,1-2H3,(H,21,24). The molecule has 1 amide bonds. The summed E-state index contributed by atoms with van der Waals surface area (Å²) in [5.74, 6) is -1.65. The number of carbonyl (C=O) groups excluding carboxylic acids is 1. The molecule has 0 saturated heterocycles. The molecule has 0 bridgehead atoms. The van der Waals surface area contributed by atoms with E-state index in [2.05, 4.69) is 29.1 Å². The number of benzene rings is 1. The predicted octanol–water partition coefficient (Wildman–Crippen LogP) is 3.63. The van der Waals surface area contributed by atoms with Gasteiger partial charge in [0.05, 0.1) is 5.69 Å². The van der Waals surface area contributed by atoms with Crippen molar-refractivity contribution in [1.29, 1.82) is 0 Å². The molecule has 0 spiro atoms. The van der Waals surface area contributed by atoms with Gasteiger partial charge in [-0.15, -0.1) is 0 Å². The molecule has 128 valence electrons. The molecular weight excluding hydrogens is 314 g/mol. The van der Waals surface area contributed by atoms with E-state index in [0.717, 1.165) is 32.0 Å². The second-order valence-corrected chi connectivity index (χ2v) is 5.31. The Morgan fingerprint density at radius 2 is 1.88 bits per heavy atom. The first kappa shape index (κ1) is 17.8. The van der Waals surface area contributed by atoms with Crippen LogP contribution in [0, 0.1) is 11.6 Å². The lowest BCUT2D eigenvalue weighted by Gasteiger charge is -2.21. The molecule has 0 fully saturated rings. The molecule has 0 aliphatic carbocycles. The highest BCUT2D eigenvalue weighted by atomic mass is 19.1. The van der Waals surface area contributed by atoms with Crippen LogP contribution in [-0.4, -0.2) is 29.0 Å². The van der Waals surface area contributed by atoms with E-state index in [1.54, 1.807) is 0 Å². The SMILES string of the molecule is CCCN(CCC)c1nccc(C(=O)Nc2ccc(F)cc2F)n1. The Hall–Kier alpha value is -2.57. The first-order chi connectivity index (χ1) is 11.5. The number of carbonyl (C=O) groups is 1. The average Bonchev–Trinajstić information content (AvgIpc) is 2.57. The van der Waals surface area contributed by atoms with E-state index in [1.165, 1.54) is 18.3 Å². The van der Waals surface area contributed by atoms with Gasteiger partial charge in [0, 0.05) is 25.4 Å². The first-order valence-electron chi connectivity index (χ1n) is 7.89. The molecule has 5 nitrogen and oxygen atoms in total. The third kappa shape index (κ3) is 4.47. The van der Waals surface area contributed by atoms with Crippen LogP contribution in [0.4, 0.5) is 20.4 Å². The van der Waals surface area contributed by atoms with Crippen LogP contribution < -0.4 is 10.2 Å². The summed E-state index contributed by atoms with van der Waals surface area (Å²) in [6.45, 7) is 5.67. The molecule has 0 saturated carbocycles. The van der Waals surface area contributed by atoms with Crippen LogP contribution in [0.2, 0.25) is 0 Å². The van der Waals surface area contributed by atoms with Crippen LogP contribution in [0.15, 0.2) is 30.5 Å². The quantitative estimate of drug-likeness (QED) is 0.840. The molecule has 2 rings (SSSR count). The molecule has 1 N–H and O–H groups in total. The maximum absolute atomic E-state index is 13.6. The van der Waals surface area contributed by atoms with E-state index >= 15 is 0 Å². The Balaban J connectivity index is 2.19. The Kier molecular flexibility index (Phi) is 6.17. The van der Waals surface area contributed by atoms with Gasteiger partial charge in [-0.1, -0.05) is 13.8 Å². The van der Waals surface area contributed by atoms with Crippen LogP contribution in [0.1, 0.15) is 37.2 Å². The topological polar surface area (TPSA) is 58.1 Å². The van der Waals surface area contributed by atoms with Gasteiger partial charge >= 0.3 is 0 Å². The van der Waals surface area contributed by atoms with Crippen molar-refractivity contribution in [2.24, 2.45) is 0 Å². The monoisotopic (exact) mass is 334 g/mol. The van der Waals surface area contributed by atoms with E-state index in [1.807, 2.05) is 4.90 Å². The molecule has 0 atom stereocenters. The van der Waals surface area contributed by atoms with Crippen LogP contribution in [0.3, 0.4) is 0 Å². The largest absolute Gasteiger partial charge is 0.341 e. The number of nitrogens with one attached hydrogen (secondary N) is 1. The van der Waals surface area contributed by atoms with E-state index in [-0.39, 0.29) is 11.4 Å². The Bertz CT molecular complexity index is 703. The number of nitrogens with zero attached hydrogens (tertiary/aromatic N) is 3. The maximum atomic E-state index is 13.6. The van der Waals surface area contributed by atoms with Crippen molar-refractivity contribution in [1.82, 2.24) is 9.97 Å². The number of anilines is 2. The lowest BCUT2D eigenvalue weighted by Crippen LogP contribution is -2.28. The van der Waals surface area contributed by atoms with Crippen molar-refractivity contribution in [2.45, 2.75) is 26.7 Å². The molecule has 1 aromatic carbocycles. The fourth-order valence-corrected chi connectivity index (χ4v) is 2.26. The Morgan fingerprint density at radius 3 is 2.50 bits per heavy atom. The summed E-state index contributed by atoms with van der Waals surface area (Å²) in [6.07, 6.45) is 3.36. The molecule has 0 radical (unpaired) electrons. The fraction of sp³-hybridized carbons (Fsp3) is 0.353. The number of hydrogen-bond acceptors (Lipinski definition) is 4. The zero-order valence-electron chi connectivity index (χ0n) is 13.7. The fourth-order valence-electron chi connectivity index (χ4n) is 2.26. The van der Waals surface area contributed by atoms with E-state index in [9.17, 15) is 13.6 Å². The minimum atomic E-state index is -0.837. The minimum absolute atomic E-state index is 0.0967. The van der Waals surface area contributed by atoms with Gasteiger partial charge in [-0.25, -0.2) is 18.7 Å². The highest BCUT2D eigenvalue weighted by Gasteiger charge is 2.14. The lowest BCUT2D eigenvalue weighted by atomic mass is 10.3. The number of amides is 1. The van der Waals surface area contributed by atoms with Gasteiger partial charge in [0.15, 0.2) is 0 Å². The summed E-state index contributed by atoms with van der Waals surface area (Å²) in [7, 11) is 0. The second kappa shape index (κ2) is 8.33. The van der Waals surface area contributed by atoms with Crippen LogP contribution in [0.5, 0.6) is 0 Å². The lowest BCUT2D eigenvalue weighted by molar-refractivity contribution is 0.102. The van der Waals surface area contributed by atoms with Crippen molar-refractivity contribution in [2.75, 3.05) is 23.3 Å². The number of halogens is 2. The van der Waals surface area contributed by atoms with Crippen LogP contribution in [0.25, 0.3) is 0 Å². The minimum Gasteiger partial charge on any atom is -0.341 e. The van der Waals surface area contributed by atoms with Crippen molar-refractivity contribution in [3.05, 3.63) is 47.8 Å². The molecular formula is C17H20F2N4O. The van der Waals surface area contributed by atoms with Crippen LogP contribution in [-0.2, 0) is 0 Å². The van der Waals surface area contributed by atoms with Gasteiger partial charge < -0.3 is 10.2 Å². The molecule has 7 heteroatoms. The third-order valence-electron chi connectivity index (χ3n) is 3.32. The molecule has 0 aliphatic heterocycles. The van der Waals surface area contributed by atoms with Gasteiger partial charge in [-0.3, -0.25) is 4.79 Å². The summed E-state index contributed by atoms with van der Waals surface area (Å²) in [4.78, 5) is 22.7. The summed E-state index contributed by atoms with van der Waals surface area (Å²) < 4.78 is 26.6. The summed E-state index contributed by atoms with van der Waals surface area (Å²) in [5, 5.41) is 2.39. The van der Waals surface area contributed by atoms with Crippen molar-refractivity contribution < 1.29 is 13.6 Å². The highest BCUT2D eigenvalue weighted by Crippen LogP contribution is 2.16. The second-order valence-electron chi connectivity index (χ2n) is 5.31. The average molecular weight is 334 g/mol. The summed E-state index contributed by atoms with van der Waals surface area (Å²) in [5.41, 5.74) is 0.0291. The zero-order chi connectivity index (χ0) is 17.5. The molecule has 24 heavy (non-hydrogen) atoms. The zero-order valence-corrected chi connectivity index (χ0v) is 13.7. The van der Waals surface area contributed by atoms with Gasteiger partial charge in [0.25, 0.3) is 5.91 Å². The Labute approximate surface area is 139 Å². The predicted molar refractivity (Wildman–Crippen MR) is 89.1 cm³/mol. The molecule has 0 unspecified atom stereocenters. The highest BCUT2D eigenvalue weighted by molar-refractivity contribution is 6.03. The summed E-state index contributed by atoms with van der Waals surface area (Å²) in [6, 6.07) is 4.42. The maximum Gasteiger partial charge on any atom is 0.274 e. The van der Waals surface area contributed by atoms with Crippen molar-refractivity contribution in [3.63, 3.8) is 0 Å². The number of hydrogen-bond donors (Lipinski definition) is 1. The first-order valence-corrected chi connectivity index (χ1v) is 7.89. The van der Waals surface area contributed by atoms with Gasteiger partial charge in [-0.05, 0) is 31.0 Å². The van der Waals surface area contributed by atoms with E-state index < -0.39 is 17.5 Å². The van der Waals surface area contributed by atoms with Crippen LogP contribution >= 0.6 is 0 Å². The smallest absolute Gasteiger partial charge is 0.274 e. The van der Waals surface area contributed by atoms with E-state index in [0.29, 0.717) is 12.0 Å². The van der Waals surface area contributed by atoms with Crippen molar-refractivity contribution >= 4 is 17.5 Å². The molecule has 0 aliphatic rings. The number of rotatable bonds is 7. The van der Waals surface area contributed by atoms with Gasteiger partial charge in [-0.2, -0.15) is 0 Å².